The minimum absolute atomic E-state index is 0.313. The van der Waals surface area contributed by atoms with Crippen LogP contribution >= 0.6 is 0 Å². The second-order valence-corrected chi connectivity index (χ2v) is 3.63. The molecule has 0 aromatic heterocycles. The Labute approximate surface area is 89.6 Å². The number of benzene rings is 1. The Morgan fingerprint density at radius 1 is 1.25 bits per heavy atom. The summed E-state index contributed by atoms with van der Waals surface area (Å²) in [5, 5.41) is 0. The van der Waals surface area contributed by atoms with Gasteiger partial charge in [-0.2, -0.15) is 13.2 Å². The largest absolute Gasteiger partial charge is 0.402 e. The van der Waals surface area contributed by atoms with Crippen LogP contribution < -0.4 is 10.6 Å². The molecule has 1 aliphatic heterocycles. The van der Waals surface area contributed by atoms with E-state index in [1.807, 2.05) is 0 Å². The van der Waals surface area contributed by atoms with Crippen LogP contribution in [-0.2, 0) is 4.79 Å². The summed E-state index contributed by atoms with van der Waals surface area (Å²) in [5.41, 5.74) is 6.38. The molecule has 86 valence electrons. The molecule has 1 aromatic carbocycles. The highest BCUT2D eigenvalue weighted by Gasteiger charge is 2.54. The lowest BCUT2D eigenvalue weighted by atomic mass is 9.97. The van der Waals surface area contributed by atoms with E-state index in [4.69, 9.17) is 5.73 Å². The number of anilines is 2. The van der Waals surface area contributed by atoms with Crippen LogP contribution in [0.1, 0.15) is 0 Å². The van der Waals surface area contributed by atoms with Gasteiger partial charge in [0.2, 0.25) is 5.91 Å². The molecular formula is C10H9F3N2O. The van der Waals surface area contributed by atoms with Crippen molar-refractivity contribution >= 4 is 17.3 Å². The fraction of sp³-hybridized carbons (Fsp3) is 0.300. The molecule has 1 aromatic rings. The van der Waals surface area contributed by atoms with E-state index in [1.165, 1.54) is 12.1 Å². The first-order chi connectivity index (χ1) is 7.39. The fourth-order valence-corrected chi connectivity index (χ4v) is 1.56. The molecule has 16 heavy (non-hydrogen) atoms. The lowest BCUT2D eigenvalue weighted by Gasteiger charge is -2.39. The summed E-state index contributed by atoms with van der Waals surface area (Å²) in [4.78, 5) is 12.4. The number of rotatable bonds is 1. The smallest absolute Gasteiger partial charge is 0.399 e. The van der Waals surface area contributed by atoms with Crippen LogP contribution in [0.3, 0.4) is 0 Å². The van der Waals surface area contributed by atoms with Gasteiger partial charge in [-0.25, -0.2) is 0 Å². The first kappa shape index (κ1) is 10.8. The quantitative estimate of drug-likeness (QED) is 0.590. The molecule has 2 N–H and O–H groups in total. The molecule has 0 saturated carbocycles. The first-order valence-electron chi connectivity index (χ1n) is 4.63. The van der Waals surface area contributed by atoms with E-state index in [0.717, 1.165) is 4.90 Å². The predicted molar refractivity (Wildman–Crippen MR) is 52.8 cm³/mol. The van der Waals surface area contributed by atoms with Gasteiger partial charge >= 0.3 is 6.18 Å². The van der Waals surface area contributed by atoms with E-state index in [-0.39, 0.29) is 6.54 Å². The Kier molecular flexibility index (Phi) is 2.29. The van der Waals surface area contributed by atoms with Gasteiger partial charge < -0.3 is 10.6 Å². The van der Waals surface area contributed by atoms with Gasteiger partial charge in [0.1, 0.15) is 0 Å². The summed E-state index contributed by atoms with van der Waals surface area (Å²) in [6, 6.07) is 6.15. The maximum absolute atomic E-state index is 12.2. The minimum Gasteiger partial charge on any atom is -0.399 e. The molecule has 1 amide bonds. The summed E-state index contributed by atoms with van der Waals surface area (Å²) in [5.74, 6) is -2.76. The number of nitrogens with zero attached hydrogens (tertiary/aromatic N) is 1. The summed E-state index contributed by atoms with van der Waals surface area (Å²) >= 11 is 0. The van der Waals surface area contributed by atoms with Gasteiger partial charge in [-0.1, -0.05) is 0 Å². The van der Waals surface area contributed by atoms with Crippen LogP contribution in [0.25, 0.3) is 0 Å². The summed E-state index contributed by atoms with van der Waals surface area (Å²) in [7, 11) is 0. The average Bonchev–Trinajstić information content (AvgIpc) is 2.17. The Morgan fingerprint density at radius 2 is 1.81 bits per heavy atom. The molecule has 2 rings (SSSR count). The summed E-state index contributed by atoms with van der Waals surface area (Å²) in [6.45, 7) is -0.313. The minimum atomic E-state index is -4.44. The van der Waals surface area contributed by atoms with Crippen molar-refractivity contribution in [3.8, 4) is 0 Å². The number of carbonyl (C=O) groups excluding carboxylic acids is 1. The van der Waals surface area contributed by atoms with Crippen LogP contribution in [0, 0.1) is 5.92 Å². The van der Waals surface area contributed by atoms with Gasteiger partial charge in [-0.15, -0.1) is 0 Å². The van der Waals surface area contributed by atoms with Crippen molar-refractivity contribution in [2.24, 2.45) is 5.92 Å². The van der Waals surface area contributed by atoms with E-state index in [9.17, 15) is 18.0 Å². The molecule has 1 heterocycles. The number of hydrogen-bond acceptors (Lipinski definition) is 2. The van der Waals surface area contributed by atoms with Crippen LogP contribution in [0.2, 0.25) is 0 Å². The predicted octanol–water partition coefficient (Wildman–Crippen LogP) is 1.79. The zero-order chi connectivity index (χ0) is 11.9. The van der Waals surface area contributed by atoms with E-state index >= 15 is 0 Å². The molecule has 1 saturated heterocycles. The molecule has 1 unspecified atom stereocenters. The summed E-state index contributed by atoms with van der Waals surface area (Å²) in [6.07, 6.45) is -4.44. The normalized spacial score (nSPS) is 20.8. The number of nitrogen functional groups attached to an aromatic ring is 1. The number of amides is 1. The van der Waals surface area contributed by atoms with Gasteiger partial charge in [0.05, 0.1) is 0 Å². The van der Waals surface area contributed by atoms with Gasteiger partial charge in [0.15, 0.2) is 5.92 Å². The van der Waals surface area contributed by atoms with Gasteiger partial charge in [0, 0.05) is 17.9 Å². The van der Waals surface area contributed by atoms with Crippen molar-refractivity contribution in [2.45, 2.75) is 6.18 Å². The van der Waals surface area contributed by atoms with Crippen molar-refractivity contribution < 1.29 is 18.0 Å². The third-order valence-corrected chi connectivity index (χ3v) is 2.53. The SMILES string of the molecule is Nc1ccc(N2CC(C(F)(F)F)C2=O)cc1. The van der Waals surface area contributed by atoms with Crippen molar-refractivity contribution in [1.29, 1.82) is 0 Å². The van der Waals surface area contributed by atoms with Gasteiger partial charge in [-0.05, 0) is 24.3 Å². The molecular weight excluding hydrogens is 221 g/mol. The number of halogens is 3. The topological polar surface area (TPSA) is 46.3 Å². The zero-order valence-corrected chi connectivity index (χ0v) is 8.16. The third-order valence-electron chi connectivity index (χ3n) is 2.53. The Morgan fingerprint density at radius 3 is 2.25 bits per heavy atom. The van der Waals surface area contributed by atoms with Crippen LogP contribution in [0.5, 0.6) is 0 Å². The van der Waals surface area contributed by atoms with Crippen LogP contribution in [0.4, 0.5) is 24.5 Å². The second kappa shape index (κ2) is 3.40. The van der Waals surface area contributed by atoms with E-state index in [1.54, 1.807) is 12.1 Å². The number of β-lactam (4-membered cyclic amide) rings is 1. The number of alkyl halides is 3. The van der Waals surface area contributed by atoms with Crippen molar-refractivity contribution in [1.82, 2.24) is 0 Å². The lowest BCUT2D eigenvalue weighted by molar-refractivity contribution is -0.189. The van der Waals surface area contributed by atoms with E-state index in [0.29, 0.717) is 11.4 Å². The molecule has 0 radical (unpaired) electrons. The number of carbonyl (C=O) groups is 1. The molecule has 0 spiro atoms. The van der Waals surface area contributed by atoms with E-state index in [2.05, 4.69) is 0 Å². The molecule has 1 fully saturated rings. The number of nitrogens with two attached hydrogens (primary N) is 1. The first-order valence-corrected chi connectivity index (χ1v) is 4.63. The molecule has 0 bridgehead atoms. The van der Waals surface area contributed by atoms with E-state index < -0.39 is 18.0 Å². The third kappa shape index (κ3) is 1.70. The number of hydrogen-bond donors (Lipinski definition) is 1. The standard InChI is InChI=1S/C10H9F3N2O/c11-10(12,13)8-5-15(9(8)16)7-3-1-6(14)2-4-7/h1-4,8H,5,14H2. The highest BCUT2D eigenvalue weighted by Crippen LogP contribution is 2.37. The monoisotopic (exact) mass is 230 g/mol. The fourth-order valence-electron chi connectivity index (χ4n) is 1.56. The molecule has 6 heteroatoms. The van der Waals surface area contributed by atoms with Crippen LogP contribution in [0.15, 0.2) is 24.3 Å². The average molecular weight is 230 g/mol. The molecule has 1 aliphatic rings. The maximum Gasteiger partial charge on any atom is 0.402 e. The Hall–Kier alpha value is -1.72. The Bertz CT molecular complexity index is 413. The highest BCUT2D eigenvalue weighted by atomic mass is 19.4. The zero-order valence-electron chi connectivity index (χ0n) is 8.16. The van der Waals surface area contributed by atoms with Crippen LogP contribution in [-0.4, -0.2) is 18.6 Å². The van der Waals surface area contributed by atoms with Gasteiger partial charge in [-0.3, -0.25) is 4.79 Å². The molecule has 3 nitrogen and oxygen atoms in total. The summed E-state index contributed by atoms with van der Waals surface area (Å²) < 4.78 is 36.7. The van der Waals surface area contributed by atoms with Crippen molar-refractivity contribution in [3.05, 3.63) is 24.3 Å². The highest BCUT2D eigenvalue weighted by molar-refractivity contribution is 6.02. The maximum atomic E-state index is 12.2. The lowest BCUT2D eigenvalue weighted by Crippen LogP contribution is -2.58. The Balaban J connectivity index is 2.11. The van der Waals surface area contributed by atoms with Crippen molar-refractivity contribution in [3.63, 3.8) is 0 Å². The molecule has 0 aliphatic carbocycles. The van der Waals surface area contributed by atoms with Crippen molar-refractivity contribution in [2.75, 3.05) is 17.2 Å². The second-order valence-electron chi connectivity index (χ2n) is 3.63. The molecule has 1 atom stereocenters. The van der Waals surface area contributed by atoms with Gasteiger partial charge in [0.25, 0.3) is 0 Å².